The molecule has 0 fully saturated rings. The molecule has 0 unspecified atom stereocenters. The van der Waals surface area contributed by atoms with Crippen molar-refractivity contribution in [3.05, 3.63) is 83.7 Å². The molecule has 2 aromatic carbocycles. The Bertz CT molecular complexity index is 1280. The van der Waals surface area contributed by atoms with E-state index in [0.717, 1.165) is 16.8 Å². The molecule has 0 spiro atoms. The molecule has 0 bridgehead atoms. The number of aryl methyl sites for hydroxylation is 1. The van der Waals surface area contributed by atoms with Gasteiger partial charge < -0.3 is 24.1 Å². The third kappa shape index (κ3) is 5.35. The summed E-state index contributed by atoms with van der Waals surface area (Å²) >= 11 is 0. The van der Waals surface area contributed by atoms with Gasteiger partial charge in [0.25, 0.3) is 5.91 Å². The molecule has 0 atom stereocenters. The van der Waals surface area contributed by atoms with Crippen LogP contribution in [0.15, 0.2) is 71.4 Å². The second kappa shape index (κ2) is 10.5. The maximum Gasteiger partial charge on any atom is 0.260 e. The van der Waals surface area contributed by atoms with Gasteiger partial charge in [0.2, 0.25) is 5.88 Å². The fourth-order valence-electron chi connectivity index (χ4n) is 3.44. The van der Waals surface area contributed by atoms with Crippen molar-refractivity contribution in [2.45, 2.75) is 13.3 Å². The highest BCUT2D eigenvalue weighted by Crippen LogP contribution is 2.28. The zero-order chi connectivity index (χ0) is 23.9. The van der Waals surface area contributed by atoms with E-state index in [1.807, 2.05) is 60.7 Å². The number of nitrogens with one attached hydrogen (secondary N) is 1. The molecular weight excluding hydrogens is 434 g/mol. The summed E-state index contributed by atoms with van der Waals surface area (Å²) in [5, 5.41) is 6.51. The third-order valence-electron chi connectivity index (χ3n) is 5.22. The number of methoxy groups -OCH3 is 2. The first-order valence-electron chi connectivity index (χ1n) is 10.7. The van der Waals surface area contributed by atoms with E-state index < -0.39 is 0 Å². The van der Waals surface area contributed by atoms with Gasteiger partial charge >= 0.3 is 0 Å². The van der Waals surface area contributed by atoms with E-state index in [1.54, 1.807) is 21.1 Å². The molecule has 4 aromatic rings. The Morgan fingerprint density at radius 3 is 2.59 bits per heavy atom. The zero-order valence-corrected chi connectivity index (χ0v) is 19.2. The average Bonchev–Trinajstić information content (AvgIpc) is 3.30. The highest BCUT2D eigenvalue weighted by atomic mass is 16.5. The number of pyridine rings is 1. The van der Waals surface area contributed by atoms with Crippen LogP contribution in [-0.4, -0.2) is 36.9 Å². The van der Waals surface area contributed by atoms with Gasteiger partial charge in [-0.25, -0.2) is 4.98 Å². The lowest BCUT2D eigenvalue weighted by Gasteiger charge is -2.11. The number of nitrogens with zero attached hydrogens (tertiary/aromatic N) is 2. The number of ether oxygens (including phenoxy) is 3. The first-order chi connectivity index (χ1) is 16.6. The summed E-state index contributed by atoms with van der Waals surface area (Å²) in [6.45, 7) is 2.15. The van der Waals surface area contributed by atoms with E-state index in [-0.39, 0.29) is 5.91 Å². The molecule has 8 heteroatoms. The van der Waals surface area contributed by atoms with Crippen molar-refractivity contribution in [2.24, 2.45) is 0 Å². The number of aromatic nitrogens is 2. The molecule has 34 heavy (non-hydrogen) atoms. The Morgan fingerprint density at radius 1 is 1.00 bits per heavy atom. The highest BCUT2D eigenvalue weighted by Gasteiger charge is 2.13. The molecule has 4 rings (SSSR count). The Kier molecular flexibility index (Phi) is 7.07. The largest absolute Gasteiger partial charge is 0.493 e. The minimum absolute atomic E-state index is 0.281. The predicted octanol–water partition coefficient (Wildman–Crippen LogP) is 4.94. The van der Waals surface area contributed by atoms with Crippen LogP contribution >= 0.6 is 0 Å². The summed E-state index contributed by atoms with van der Waals surface area (Å²) in [6.07, 6.45) is 2.09. The normalized spacial score (nSPS) is 10.6. The van der Waals surface area contributed by atoms with Gasteiger partial charge in [-0.3, -0.25) is 4.79 Å². The lowest BCUT2D eigenvalue weighted by atomic mass is 10.1. The van der Waals surface area contributed by atoms with E-state index in [0.29, 0.717) is 47.4 Å². The number of carbonyl (C=O) groups is 1. The molecule has 8 nitrogen and oxygen atoms in total. The zero-order valence-electron chi connectivity index (χ0n) is 19.2. The molecule has 0 saturated carbocycles. The molecule has 2 aromatic heterocycles. The maximum absolute atomic E-state index is 12.4. The van der Waals surface area contributed by atoms with Gasteiger partial charge in [-0.15, -0.1) is 0 Å². The van der Waals surface area contributed by atoms with Crippen molar-refractivity contribution in [2.75, 3.05) is 26.1 Å². The van der Waals surface area contributed by atoms with Crippen LogP contribution < -0.4 is 19.5 Å². The van der Waals surface area contributed by atoms with Crippen LogP contribution in [0.5, 0.6) is 17.4 Å². The van der Waals surface area contributed by atoms with Crippen molar-refractivity contribution in [1.29, 1.82) is 0 Å². The molecule has 1 amide bonds. The van der Waals surface area contributed by atoms with E-state index in [9.17, 15) is 4.79 Å². The van der Waals surface area contributed by atoms with Gasteiger partial charge in [0, 0.05) is 23.7 Å². The lowest BCUT2D eigenvalue weighted by molar-refractivity contribution is 0.102. The van der Waals surface area contributed by atoms with Crippen LogP contribution in [0.4, 0.5) is 5.69 Å². The number of hydrogen-bond acceptors (Lipinski definition) is 7. The monoisotopic (exact) mass is 459 g/mol. The Labute approximate surface area is 197 Å². The maximum atomic E-state index is 12.4. The molecule has 0 aliphatic heterocycles. The molecule has 0 saturated heterocycles. The first kappa shape index (κ1) is 22.8. The minimum Gasteiger partial charge on any atom is -0.493 e. The standard InChI is InChI=1S/C26H25N3O5/c1-17-21(16-27-34-17)26(30)28-20-7-4-6-19(15-20)22-8-5-9-25(29-22)33-13-12-18-10-11-23(31-2)24(14-18)32-3/h4-11,14-16H,12-13H2,1-3H3,(H,28,30). The third-order valence-corrected chi connectivity index (χ3v) is 5.22. The van der Waals surface area contributed by atoms with Crippen LogP contribution in [-0.2, 0) is 6.42 Å². The summed E-state index contributed by atoms with van der Waals surface area (Å²) in [4.78, 5) is 17.1. The highest BCUT2D eigenvalue weighted by molar-refractivity contribution is 6.04. The summed E-state index contributed by atoms with van der Waals surface area (Å²) < 4.78 is 21.5. The first-order valence-corrected chi connectivity index (χ1v) is 10.7. The smallest absolute Gasteiger partial charge is 0.260 e. The second-order valence-electron chi connectivity index (χ2n) is 7.48. The van der Waals surface area contributed by atoms with Gasteiger partial charge in [0.15, 0.2) is 11.5 Å². The number of amides is 1. The number of hydrogen-bond donors (Lipinski definition) is 1. The summed E-state index contributed by atoms with van der Waals surface area (Å²) in [7, 11) is 3.23. The molecule has 0 aliphatic rings. The average molecular weight is 460 g/mol. The van der Waals surface area contributed by atoms with Gasteiger partial charge in [-0.05, 0) is 42.8 Å². The summed E-state index contributed by atoms with van der Waals surface area (Å²) in [5.74, 6) is 2.08. The van der Waals surface area contributed by atoms with E-state index in [4.69, 9.17) is 18.7 Å². The van der Waals surface area contributed by atoms with Gasteiger partial charge in [-0.2, -0.15) is 0 Å². The van der Waals surface area contributed by atoms with Gasteiger partial charge in [0.05, 0.1) is 32.7 Å². The van der Waals surface area contributed by atoms with Crippen LogP contribution in [0, 0.1) is 6.92 Å². The van der Waals surface area contributed by atoms with Crippen LogP contribution in [0.25, 0.3) is 11.3 Å². The Balaban J connectivity index is 1.41. The molecule has 0 radical (unpaired) electrons. The second-order valence-corrected chi connectivity index (χ2v) is 7.48. The van der Waals surface area contributed by atoms with E-state index in [2.05, 4.69) is 15.5 Å². The Hall–Kier alpha value is -4.33. The van der Waals surface area contributed by atoms with Crippen LogP contribution in [0.1, 0.15) is 21.7 Å². The lowest BCUT2D eigenvalue weighted by Crippen LogP contribution is -2.12. The predicted molar refractivity (Wildman–Crippen MR) is 128 cm³/mol. The van der Waals surface area contributed by atoms with Gasteiger partial charge in [0.1, 0.15) is 11.3 Å². The number of benzene rings is 2. The van der Waals surface area contributed by atoms with E-state index in [1.165, 1.54) is 6.20 Å². The van der Waals surface area contributed by atoms with Crippen molar-refractivity contribution in [1.82, 2.24) is 10.1 Å². The molecule has 1 N–H and O–H groups in total. The van der Waals surface area contributed by atoms with Gasteiger partial charge in [-0.1, -0.05) is 29.4 Å². The SMILES string of the molecule is COc1ccc(CCOc2cccc(-c3cccc(NC(=O)c4cnoc4C)c3)n2)cc1OC. The number of anilines is 1. The van der Waals surface area contributed by atoms with Crippen molar-refractivity contribution >= 4 is 11.6 Å². The Morgan fingerprint density at radius 2 is 1.82 bits per heavy atom. The van der Waals surface area contributed by atoms with Crippen molar-refractivity contribution in [3.8, 4) is 28.6 Å². The van der Waals surface area contributed by atoms with Crippen LogP contribution in [0.3, 0.4) is 0 Å². The quantitative estimate of drug-likeness (QED) is 0.379. The number of rotatable bonds is 9. The molecule has 174 valence electrons. The van der Waals surface area contributed by atoms with Crippen LogP contribution in [0.2, 0.25) is 0 Å². The molecular formula is C26H25N3O5. The van der Waals surface area contributed by atoms with Crippen molar-refractivity contribution in [3.63, 3.8) is 0 Å². The van der Waals surface area contributed by atoms with E-state index >= 15 is 0 Å². The summed E-state index contributed by atoms with van der Waals surface area (Å²) in [6, 6.07) is 18.9. The fraction of sp³-hybridized carbons (Fsp3) is 0.192. The molecule has 0 aliphatic carbocycles. The topological polar surface area (TPSA) is 95.7 Å². The minimum atomic E-state index is -0.281. The van der Waals surface area contributed by atoms with Crippen molar-refractivity contribution < 1.29 is 23.5 Å². The summed E-state index contributed by atoms with van der Waals surface area (Å²) in [5.41, 5.74) is 3.70. The molecule has 2 heterocycles. The fourth-order valence-corrected chi connectivity index (χ4v) is 3.44. The number of carbonyl (C=O) groups excluding carboxylic acids is 1.